The van der Waals surface area contributed by atoms with Crippen molar-refractivity contribution in [2.75, 3.05) is 6.61 Å². The third kappa shape index (κ3) is 4.20. The molecular formula is C36H28N2O6. The highest BCUT2D eigenvalue weighted by Gasteiger charge is 2.45. The van der Waals surface area contributed by atoms with Crippen molar-refractivity contribution in [2.24, 2.45) is 11.8 Å². The molecule has 4 heterocycles. The topological polar surface area (TPSA) is 111 Å². The number of allylic oxidation sites excluding steroid dienone is 5. The van der Waals surface area contributed by atoms with Gasteiger partial charge in [0.15, 0.2) is 0 Å². The van der Waals surface area contributed by atoms with Gasteiger partial charge in [-0.15, -0.1) is 0 Å². The Labute approximate surface area is 253 Å². The van der Waals surface area contributed by atoms with Gasteiger partial charge in [0.1, 0.15) is 5.75 Å². The molecule has 2 amide bonds. The molecule has 6 atom stereocenters. The molecule has 8 rings (SSSR count). The van der Waals surface area contributed by atoms with E-state index in [4.69, 9.17) is 9.47 Å². The Morgan fingerprint density at radius 3 is 2.36 bits per heavy atom. The van der Waals surface area contributed by atoms with Crippen LogP contribution in [0.2, 0.25) is 0 Å². The molecule has 8 nitrogen and oxygen atoms in total. The van der Waals surface area contributed by atoms with E-state index in [1.165, 1.54) is 0 Å². The minimum Gasteiger partial charge on any atom is -0.461 e. The lowest BCUT2D eigenvalue weighted by Crippen LogP contribution is -2.44. The molecule has 0 saturated carbocycles. The van der Waals surface area contributed by atoms with Crippen LogP contribution in [-0.4, -0.2) is 36.4 Å². The number of fused-ring (bicyclic) bond motifs is 4. The summed E-state index contributed by atoms with van der Waals surface area (Å²) in [5, 5.41) is 6.25. The van der Waals surface area contributed by atoms with E-state index in [1.807, 2.05) is 79.0 Å². The summed E-state index contributed by atoms with van der Waals surface area (Å²) in [6.07, 6.45) is 19.5. The number of esters is 2. The number of carbonyl (C=O) groups is 4. The van der Waals surface area contributed by atoms with Crippen LogP contribution in [0.4, 0.5) is 0 Å². The first-order valence-corrected chi connectivity index (χ1v) is 14.8. The number of ether oxygens (including phenoxy) is 2. The van der Waals surface area contributed by atoms with Gasteiger partial charge in [-0.2, -0.15) is 0 Å². The molecule has 2 aromatic carbocycles. The van der Waals surface area contributed by atoms with Crippen LogP contribution in [0.15, 0.2) is 108 Å². The third-order valence-corrected chi connectivity index (χ3v) is 9.37. The maximum atomic E-state index is 13.7. The zero-order valence-corrected chi connectivity index (χ0v) is 23.6. The van der Waals surface area contributed by atoms with Gasteiger partial charge in [-0.05, 0) is 52.0 Å². The highest BCUT2D eigenvalue weighted by molar-refractivity contribution is 5.96. The van der Waals surface area contributed by atoms with E-state index in [0.29, 0.717) is 34.4 Å². The first-order chi connectivity index (χ1) is 21.5. The Bertz CT molecular complexity index is 1840. The lowest BCUT2D eigenvalue weighted by atomic mass is 9.72. The molecule has 0 aromatic heterocycles. The maximum absolute atomic E-state index is 13.7. The van der Waals surface area contributed by atoms with Gasteiger partial charge in [0, 0.05) is 5.92 Å². The zero-order valence-electron chi connectivity index (χ0n) is 23.6. The van der Waals surface area contributed by atoms with Crippen LogP contribution >= 0.6 is 0 Å². The fourth-order valence-corrected chi connectivity index (χ4v) is 7.25. The molecular weight excluding hydrogens is 556 g/mol. The summed E-state index contributed by atoms with van der Waals surface area (Å²) in [6.45, 7) is -0.0275. The number of cyclic esters (lactones) is 1. The van der Waals surface area contributed by atoms with Gasteiger partial charge >= 0.3 is 11.9 Å². The average Bonchev–Trinajstić information content (AvgIpc) is 3.04. The number of rotatable bonds is 3. The Morgan fingerprint density at radius 1 is 0.705 bits per heavy atom. The Hall–Kier alpha value is -5.24. The van der Waals surface area contributed by atoms with E-state index in [9.17, 15) is 19.2 Å². The standard InChI is InChI=1S/C36H28N2O6/c39-33-22-10-4-1-7-19(22)17-29(38-33)32-23(25-15-20-8-2-5-11-28(20)37-34(25)40)13-14-24-31(32)27(18-43-35(24)41)26-16-21-9-3-6-12-30(21)44-36(26)42/h1-15,17,22,25-29H,16,18H2,(H,37,40)(H,38,39). The lowest BCUT2D eigenvalue weighted by molar-refractivity contribution is -0.141. The molecule has 0 saturated heterocycles. The second-order valence-corrected chi connectivity index (χ2v) is 11.8. The molecule has 8 heteroatoms. The molecule has 2 aliphatic carbocycles. The normalized spacial score (nSPS) is 29.5. The van der Waals surface area contributed by atoms with E-state index in [1.54, 1.807) is 18.2 Å². The van der Waals surface area contributed by atoms with E-state index >= 15 is 0 Å². The van der Waals surface area contributed by atoms with Gasteiger partial charge in [0.05, 0.1) is 42.0 Å². The van der Waals surface area contributed by atoms with E-state index in [0.717, 1.165) is 16.7 Å². The van der Waals surface area contributed by atoms with E-state index in [2.05, 4.69) is 10.6 Å². The SMILES string of the molecule is O=C1OCC(C2Cc3ccccc3OC2=O)c2c1ccc(C1C=C3C=CC=CC3NC1=O)c2C1C=C2C=CC=CC2C(=O)N1. The molecule has 0 radical (unpaired) electrons. The van der Waals surface area contributed by atoms with Crippen molar-refractivity contribution in [1.82, 2.24) is 10.6 Å². The summed E-state index contributed by atoms with van der Waals surface area (Å²) in [4.78, 5) is 53.9. The van der Waals surface area contributed by atoms with Gasteiger partial charge in [0.25, 0.3) is 0 Å². The summed E-state index contributed by atoms with van der Waals surface area (Å²) in [5.41, 5.74) is 4.92. The predicted octanol–water partition coefficient (Wildman–Crippen LogP) is 4.19. The fraction of sp³-hybridized carbons (Fsp3) is 0.222. The molecule has 2 N–H and O–H groups in total. The van der Waals surface area contributed by atoms with Crippen LogP contribution in [0.1, 0.15) is 50.5 Å². The van der Waals surface area contributed by atoms with Gasteiger partial charge in [-0.25, -0.2) is 4.79 Å². The summed E-state index contributed by atoms with van der Waals surface area (Å²) in [6, 6.07) is 10.0. The molecule has 218 valence electrons. The summed E-state index contributed by atoms with van der Waals surface area (Å²) in [5.74, 6) is -3.06. The van der Waals surface area contributed by atoms with Gasteiger partial charge in [-0.1, -0.05) is 85.0 Å². The molecule has 0 bridgehead atoms. The van der Waals surface area contributed by atoms with Gasteiger partial charge < -0.3 is 20.1 Å². The number of carbonyl (C=O) groups excluding carboxylic acids is 4. The number of hydrogen-bond donors (Lipinski definition) is 2. The smallest absolute Gasteiger partial charge is 0.338 e. The molecule has 4 aliphatic heterocycles. The van der Waals surface area contributed by atoms with Crippen molar-refractivity contribution in [3.8, 4) is 5.75 Å². The Kier molecular flexibility index (Phi) is 6.11. The number of amides is 2. The second kappa shape index (κ2) is 10.2. The molecule has 6 aliphatic rings. The fourth-order valence-electron chi connectivity index (χ4n) is 7.25. The van der Waals surface area contributed by atoms with Crippen LogP contribution in [0.3, 0.4) is 0 Å². The first-order valence-electron chi connectivity index (χ1n) is 14.8. The van der Waals surface area contributed by atoms with Crippen LogP contribution in [0, 0.1) is 11.8 Å². The molecule has 44 heavy (non-hydrogen) atoms. The lowest BCUT2D eigenvalue weighted by Gasteiger charge is -2.38. The second-order valence-electron chi connectivity index (χ2n) is 11.8. The van der Waals surface area contributed by atoms with Crippen LogP contribution in [-0.2, 0) is 25.5 Å². The van der Waals surface area contributed by atoms with Crippen LogP contribution in [0.25, 0.3) is 0 Å². The van der Waals surface area contributed by atoms with E-state index in [-0.39, 0.29) is 24.5 Å². The quantitative estimate of drug-likeness (QED) is 0.414. The highest BCUT2D eigenvalue weighted by Crippen LogP contribution is 2.46. The maximum Gasteiger partial charge on any atom is 0.338 e. The van der Waals surface area contributed by atoms with Crippen LogP contribution < -0.4 is 15.4 Å². The average molecular weight is 585 g/mol. The molecule has 2 aromatic rings. The van der Waals surface area contributed by atoms with Crippen molar-refractivity contribution in [2.45, 2.75) is 30.3 Å². The van der Waals surface area contributed by atoms with Crippen molar-refractivity contribution in [3.63, 3.8) is 0 Å². The first kappa shape index (κ1) is 26.4. The van der Waals surface area contributed by atoms with Crippen molar-refractivity contribution >= 4 is 23.8 Å². The summed E-state index contributed by atoms with van der Waals surface area (Å²) >= 11 is 0. The minimum atomic E-state index is -0.690. The van der Waals surface area contributed by atoms with Gasteiger partial charge in [-0.3, -0.25) is 14.4 Å². The number of nitrogens with one attached hydrogen (secondary N) is 2. The number of benzene rings is 2. The highest BCUT2D eigenvalue weighted by atomic mass is 16.5. The minimum absolute atomic E-state index is 0.0275. The molecule has 0 spiro atoms. The monoisotopic (exact) mass is 584 g/mol. The largest absolute Gasteiger partial charge is 0.461 e. The summed E-state index contributed by atoms with van der Waals surface area (Å²) < 4.78 is 11.4. The molecule has 0 fully saturated rings. The zero-order chi connectivity index (χ0) is 29.9. The Morgan fingerprint density at radius 2 is 1.48 bits per heavy atom. The van der Waals surface area contributed by atoms with Crippen molar-refractivity contribution < 1.29 is 28.7 Å². The van der Waals surface area contributed by atoms with Crippen molar-refractivity contribution in [3.05, 3.63) is 136 Å². The molecule has 6 unspecified atom stereocenters. The third-order valence-electron chi connectivity index (χ3n) is 9.37. The van der Waals surface area contributed by atoms with Crippen molar-refractivity contribution in [1.29, 1.82) is 0 Å². The van der Waals surface area contributed by atoms with Crippen LogP contribution in [0.5, 0.6) is 5.75 Å². The summed E-state index contributed by atoms with van der Waals surface area (Å²) in [7, 11) is 0. The number of hydrogen-bond acceptors (Lipinski definition) is 6. The Balaban J connectivity index is 1.33. The van der Waals surface area contributed by atoms with E-state index < -0.39 is 41.7 Å². The number of para-hydroxylation sites is 1. The van der Waals surface area contributed by atoms with Gasteiger partial charge in [0.2, 0.25) is 11.8 Å². The predicted molar refractivity (Wildman–Crippen MR) is 161 cm³/mol.